The molecule has 1 aliphatic rings. The second-order valence-corrected chi connectivity index (χ2v) is 13.8. The van der Waals surface area contributed by atoms with Gasteiger partial charge in [0.15, 0.2) is 11.6 Å². The molecule has 0 amide bonds. The van der Waals surface area contributed by atoms with Crippen LogP contribution in [-0.4, -0.2) is 37.5 Å². The van der Waals surface area contributed by atoms with Crippen LogP contribution < -0.4 is 40.6 Å². The maximum Gasteiger partial charge on any atom is 1.00 e. The van der Waals surface area contributed by atoms with Crippen molar-refractivity contribution < 1.29 is 65.1 Å². The molecule has 3 aromatic carbocycles. The summed E-state index contributed by atoms with van der Waals surface area (Å²) in [7, 11) is -9.83. The van der Waals surface area contributed by atoms with E-state index < -0.39 is 47.9 Å². The molecule has 1 aliphatic carbocycles. The molecule has 0 bridgehead atoms. The molecule has 0 aromatic heterocycles. The number of nitrogens with two attached hydrogens (primary N) is 1. The van der Waals surface area contributed by atoms with Gasteiger partial charge in [-0.2, -0.15) is 8.42 Å². The van der Waals surface area contributed by atoms with Crippen LogP contribution in [0.4, 0.5) is 17.1 Å². The summed E-state index contributed by atoms with van der Waals surface area (Å²) in [5, 5.41) is 2.79. The van der Waals surface area contributed by atoms with E-state index in [9.17, 15) is 35.5 Å². The fourth-order valence-electron chi connectivity index (χ4n) is 5.64. The minimum Gasteiger partial charge on any atom is -0.744 e. The van der Waals surface area contributed by atoms with E-state index in [1.54, 1.807) is 6.07 Å². The second-order valence-electron chi connectivity index (χ2n) is 11.1. The molecule has 0 spiro atoms. The average Bonchev–Trinajstić information content (AvgIpc) is 2.97. The molecule has 4 rings (SSSR count). The van der Waals surface area contributed by atoms with E-state index in [4.69, 9.17) is 5.73 Å². The molecule has 0 fully saturated rings. The number of nitrogen functional groups attached to an aromatic ring is 1. The molecule has 10 nitrogen and oxygen atoms in total. The number of hydrogen-bond acceptors (Lipinski definition) is 9. The maximum atomic E-state index is 13.5. The monoisotopic (exact) mass is 664 g/mol. The smallest absolute Gasteiger partial charge is 0.744 e. The van der Waals surface area contributed by atoms with E-state index in [2.05, 4.69) is 12.2 Å². The number of fused-ring (bicyclic) bond motifs is 2. The van der Waals surface area contributed by atoms with E-state index in [1.807, 2.05) is 0 Å². The molecule has 13 heteroatoms. The average molecular weight is 665 g/mol. The Hall–Kier alpha value is -2.58. The molecule has 4 N–H and O–H groups in total. The summed E-state index contributed by atoms with van der Waals surface area (Å²) in [5.74, 6) is -1.36. The van der Waals surface area contributed by atoms with Crippen molar-refractivity contribution in [3.8, 4) is 0 Å². The molecule has 0 radical (unpaired) electrons. The van der Waals surface area contributed by atoms with Gasteiger partial charge in [0, 0.05) is 16.8 Å². The van der Waals surface area contributed by atoms with E-state index in [0.29, 0.717) is 12.0 Å². The molecular formula is C32H37N2NaO8S2. The van der Waals surface area contributed by atoms with Crippen molar-refractivity contribution in [2.45, 2.75) is 87.3 Å². The Balaban J connectivity index is 0.00000552. The maximum absolute atomic E-state index is 13.5. The van der Waals surface area contributed by atoms with E-state index in [1.165, 1.54) is 68.9 Å². The Bertz CT molecular complexity index is 1790. The number of unbranched alkanes of at least 4 members (excludes halogenated alkanes) is 9. The summed E-state index contributed by atoms with van der Waals surface area (Å²) in [5.41, 5.74) is 4.99. The molecule has 0 unspecified atom stereocenters. The fourth-order valence-corrected chi connectivity index (χ4v) is 7.05. The first-order valence-corrected chi connectivity index (χ1v) is 17.7. The predicted molar refractivity (Wildman–Crippen MR) is 167 cm³/mol. The van der Waals surface area contributed by atoms with Gasteiger partial charge in [-0.15, -0.1) is 0 Å². The Kier molecular flexibility index (Phi) is 13.0. The summed E-state index contributed by atoms with van der Waals surface area (Å²) in [6.45, 7) is 2.19. The fraction of sp³-hybridized carbons (Fsp3) is 0.375. The molecule has 0 atom stereocenters. The van der Waals surface area contributed by atoms with Crippen molar-refractivity contribution in [2.24, 2.45) is 0 Å². The third kappa shape index (κ3) is 8.82. The Morgan fingerprint density at radius 2 is 1.29 bits per heavy atom. The number of carbonyl (C=O) groups is 2. The molecular weight excluding hydrogens is 627 g/mol. The van der Waals surface area contributed by atoms with Gasteiger partial charge in [-0.25, -0.2) is 8.42 Å². The number of benzene rings is 3. The first-order valence-electron chi connectivity index (χ1n) is 14.8. The summed E-state index contributed by atoms with van der Waals surface area (Å²) < 4.78 is 70.9. The van der Waals surface area contributed by atoms with Crippen LogP contribution >= 0.6 is 0 Å². The van der Waals surface area contributed by atoms with Gasteiger partial charge >= 0.3 is 29.6 Å². The Morgan fingerprint density at radius 1 is 0.756 bits per heavy atom. The number of ketones is 2. The molecule has 0 saturated carbocycles. The summed E-state index contributed by atoms with van der Waals surface area (Å²) in [4.78, 5) is 25.6. The van der Waals surface area contributed by atoms with Gasteiger partial charge in [-0.05, 0) is 36.6 Å². The van der Waals surface area contributed by atoms with Crippen LogP contribution in [0.3, 0.4) is 0 Å². The summed E-state index contributed by atoms with van der Waals surface area (Å²) in [6, 6.07) is 11.0. The summed E-state index contributed by atoms with van der Waals surface area (Å²) in [6.07, 6.45) is 11.5. The molecule has 45 heavy (non-hydrogen) atoms. The zero-order valence-electron chi connectivity index (χ0n) is 25.6. The number of aryl methyl sites for hydroxylation is 1. The van der Waals surface area contributed by atoms with Crippen LogP contribution in [0, 0.1) is 0 Å². The minimum atomic E-state index is -5.18. The quantitative estimate of drug-likeness (QED) is 0.0737. The van der Waals surface area contributed by atoms with Crippen molar-refractivity contribution in [1.29, 1.82) is 0 Å². The zero-order valence-corrected chi connectivity index (χ0v) is 29.2. The molecule has 0 aliphatic heterocycles. The van der Waals surface area contributed by atoms with E-state index in [0.717, 1.165) is 37.8 Å². The van der Waals surface area contributed by atoms with Crippen molar-refractivity contribution in [3.05, 3.63) is 76.3 Å². The zero-order chi connectivity index (χ0) is 32.1. The molecule has 0 saturated heterocycles. The normalized spacial score (nSPS) is 12.8. The van der Waals surface area contributed by atoms with Gasteiger partial charge < -0.3 is 15.6 Å². The standard InChI is InChI=1S/C32H38N2O8S2.Na/c1-2-3-4-5-6-7-8-9-10-11-14-21-17-18-22(19-26(21)43(37,38)39)34-25-20-27(44(40,41)42)30(33)29-28(25)31(35)23-15-12-13-16-24(23)32(29)36;/h12-13,15-20,34H,2-11,14,33H2,1H3,(H,37,38,39)(H,40,41,42);/q;+1/p-1. The summed E-state index contributed by atoms with van der Waals surface area (Å²) >= 11 is 0. The molecule has 236 valence electrons. The molecule has 3 aromatic rings. The van der Waals surface area contributed by atoms with Crippen molar-refractivity contribution in [1.82, 2.24) is 0 Å². The second kappa shape index (κ2) is 15.8. The van der Waals surface area contributed by atoms with Gasteiger partial charge in [0.05, 0.1) is 32.3 Å². The third-order valence-electron chi connectivity index (χ3n) is 7.89. The van der Waals surface area contributed by atoms with Crippen molar-refractivity contribution in [3.63, 3.8) is 0 Å². The van der Waals surface area contributed by atoms with Crippen LogP contribution in [0.2, 0.25) is 0 Å². The first kappa shape index (κ1) is 36.9. The van der Waals surface area contributed by atoms with E-state index >= 15 is 0 Å². The topological polar surface area (TPSA) is 184 Å². The minimum absolute atomic E-state index is 0. The predicted octanol–water partition coefficient (Wildman–Crippen LogP) is 3.41. The van der Waals surface area contributed by atoms with Crippen molar-refractivity contribution in [2.75, 3.05) is 11.1 Å². The van der Waals surface area contributed by atoms with Crippen LogP contribution in [0.15, 0.2) is 58.3 Å². The first-order chi connectivity index (χ1) is 20.8. The van der Waals surface area contributed by atoms with Gasteiger partial charge in [0.25, 0.3) is 10.1 Å². The Morgan fingerprint density at radius 3 is 1.82 bits per heavy atom. The van der Waals surface area contributed by atoms with Gasteiger partial charge in [0.1, 0.15) is 10.1 Å². The van der Waals surface area contributed by atoms with Crippen LogP contribution in [-0.2, 0) is 26.7 Å². The van der Waals surface area contributed by atoms with Gasteiger partial charge in [0.2, 0.25) is 0 Å². The van der Waals surface area contributed by atoms with Gasteiger partial charge in [-0.1, -0.05) is 95.0 Å². The number of carbonyl (C=O) groups excluding carboxylic acids is 2. The number of rotatable bonds is 15. The molecule has 0 heterocycles. The largest absolute Gasteiger partial charge is 1.00 e. The number of nitrogens with one attached hydrogen (secondary N) is 1. The van der Waals surface area contributed by atoms with Crippen LogP contribution in [0.1, 0.15) is 109 Å². The van der Waals surface area contributed by atoms with Crippen LogP contribution in [0.5, 0.6) is 0 Å². The van der Waals surface area contributed by atoms with Crippen molar-refractivity contribution >= 4 is 48.9 Å². The van der Waals surface area contributed by atoms with E-state index in [-0.39, 0.29) is 62.5 Å². The number of anilines is 3. The third-order valence-corrected chi connectivity index (χ3v) is 9.71. The number of hydrogen-bond donors (Lipinski definition) is 3. The Labute approximate surface area is 287 Å². The SMILES string of the molecule is CCCCCCCCCCCCc1ccc(Nc2cc(S(=O)(=O)[O-])c(N)c3c2C(=O)c2ccccc2C3=O)cc1S(=O)(=O)O.[Na+]. The van der Waals surface area contributed by atoms with Crippen LogP contribution in [0.25, 0.3) is 0 Å². The van der Waals surface area contributed by atoms with Gasteiger partial charge in [-0.3, -0.25) is 14.1 Å².